The summed E-state index contributed by atoms with van der Waals surface area (Å²) < 4.78 is 261. The first kappa shape index (κ1) is 76.6. The first-order chi connectivity index (χ1) is 44.3. The lowest BCUT2D eigenvalue weighted by Crippen LogP contribution is -2.41. The normalized spacial score (nSPS) is 15.4. The second kappa shape index (κ2) is 28.2. The van der Waals surface area contributed by atoms with Crippen molar-refractivity contribution in [3.05, 3.63) is 220 Å². The van der Waals surface area contributed by atoms with Gasteiger partial charge in [-0.2, -0.15) is 17.6 Å². The van der Waals surface area contributed by atoms with Crippen LogP contribution >= 0.6 is 36.4 Å². The number of aryl methyl sites for hydroxylation is 2. The summed E-state index contributed by atoms with van der Waals surface area (Å²) in [5.41, 5.74) is 4.13. The Morgan fingerprint density at radius 3 is 0.979 bits per heavy atom. The maximum Gasteiger partial charge on any atom is 0.494 e. The molecule has 0 amide bonds. The van der Waals surface area contributed by atoms with Crippen LogP contribution in [0.1, 0.15) is 128 Å². The lowest BCUT2D eigenvalue weighted by atomic mass is 9.78. The van der Waals surface area contributed by atoms with Crippen molar-refractivity contribution < 1.29 is 92.8 Å². The topological polar surface area (TPSA) is 36.9 Å². The molecule has 1 heterocycles. The lowest BCUT2D eigenvalue weighted by molar-refractivity contribution is -0.190. The Hall–Kier alpha value is -6.74. The summed E-state index contributed by atoms with van der Waals surface area (Å²) in [5.74, 6) is -8.71. The highest BCUT2D eigenvalue weighted by Crippen LogP contribution is 3.02. The molecule has 0 N–H and O–H groups in total. The van der Waals surface area contributed by atoms with E-state index >= 15 is 0 Å². The SMILES string of the molecule is CCCCCCCc1ccc(-c2ccc(-c3cc(F)c(C(F)(F)Oc4ccc(S(F)(F)(F)(F)F)cc4)c(F)c3)cc2)cc1.CCCCCCCc1ccc(-c2ccc(B3OC(C)(C)C(C)(C)O3)cc2)cc1.Fc1cc(Br)cc(F)c1C(F)(F)Oc1ccc(S(F)(F)(F)(F)F)cc1. The van der Waals surface area contributed by atoms with Crippen LogP contribution in [0.2, 0.25) is 0 Å². The first-order valence-corrected chi connectivity index (χ1v) is 35.2. The Morgan fingerprint density at radius 1 is 0.385 bits per heavy atom. The van der Waals surface area contributed by atoms with Gasteiger partial charge in [-0.25, -0.2) is 17.6 Å². The largest absolute Gasteiger partial charge is 0.494 e. The van der Waals surface area contributed by atoms with Gasteiger partial charge in [0, 0.05) is 4.47 Å². The van der Waals surface area contributed by atoms with Crippen LogP contribution in [-0.4, -0.2) is 18.3 Å². The number of unbranched alkanes of at least 4 members (excludes halogenated alkanes) is 8. The number of benzene rings is 8. The summed E-state index contributed by atoms with van der Waals surface area (Å²) in [5, 5.41) is 0. The standard InChI is InChI=1S/C32H29F9OS.C25H35BO2.C13H6BrF9OS/c1-2-3-4-5-6-7-22-8-10-23(11-9-22)24-12-14-25(15-13-24)26-20-29(33)31(30(34)21-26)32(35,36)42-27-16-18-28(19-17-27)43(37,38,39,40)41;1-6-7-8-9-10-11-20-12-14-21(15-13-20)22-16-18-23(19-17-22)26-27-24(2,3)25(4,5)28-26;14-7-5-10(15)12(11(16)6-7)13(17,18)24-8-1-3-9(4-2-8)25(19,20,21,22)23/h8-21H,2-7H2,1H3;12-19H,6-11H2,1-5H3;1-6H. The Labute approximate surface area is 555 Å². The van der Waals surface area contributed by atoms with Gasteiger partial charge in [0.15, 0.2) is 0 Å². The fourth-order valence-corrected chi connectivity index (χ4v) is 11.7. The Kier molecular flexibility index (Phi) is 22.5. The van der Waals surface area contributed by atoms with Crippen molar-refractivity contribution in [1.29, 1.82) is 0 Å². The minimum atomic E-state index is -10.0. The average molecular weight is 1470 g/mol. The molecule has 1 fully saturated rings. The second-order valence-corrected chi connectivity index (χ2v) is 29.9. The molecular formula is C70H70BBrF18O4S2. The molecule has 0 unspecified atom stereocenters. The van der Waals surface area contributed by atoms with E-state index in [0.717, 1.165) is 29.4 Å². The van der Waals surface area contributed by atoms with Crippen LogP contribution in [0.3, 0.4) is 0 Å². The number of hydrogen-bond acceptors (Lipinski definition) is 4. The molecule has 8 aromatic carbocycles. The summed E-state index contributed by atoms with van der Waals surface area (Å²) in [4.78, 5) is -4.65. The fraction of sp³-hybridized carbons (Fsp3) is 0.314. The van der Waals surface area contributed by atoms with Crippen LogP contribution in [0, 0.1) is 23.3 Å². The van der Waals surface area contributed by atoms with E-state index < -0.39 is 88.4 Å². The van der Waals surface area contributed by atoms with Crippen LogP contribution in [0.4, 0.5) is 74.0 Å². The molecule has 1 aliphatic rings. The lowest BCUT2D eigenvalue weighted by Gasteiger charge is -2.40. The molecule has 1 aliphatic heterocycles. The van der Waals surface area contributed by atoms with Gasteiger partial charge in [-0.1, -0.05) is 217 Å². The summed E-state index contributed by atoms with van der Waals surface area (Å²) in [6.07, 6.45) is 5.53. The minimum Gasteiger partial charge on any atom is -0.429 e. The van der Waals surface area contributed by atoms with Gasteiger partial charge < -0.3 is 18.8 Å². The molecule has 0 radical (unpaired) electrons. The van der Waals surface area contributed by atoms with E-state index in [9.17, 15) is 74.0 Å². The number of halogens is 19. The summed E-state index contributed by atoms with van der Waals surface area (Å²) in [6, 6.07) is 34.9. The molecule has 0 saturated carbocycles. The van der Waals surface area contributed by atoms with Crippen LogP contribution in [0.5, 0.6) is 11.5 Å². The predicted molar refractivity (Wildman–Crippen MR) is 349 cm³/mol. The minimum absolute atomic E-state index is 0.0419. The quantitative estimate of drug-likeness (QED) is 0.0343. The van der Waals surface area contributed by atoms with Crippen molar-refractivity contribution in [2.24, 2.45) is 0 Å². The third kappa shape index (κ3) is 20.9. The van der Waals surface area contributed by atoms with Crippen molar-refractivity contribution >= 4 is 49.0 Å². The molecule has 0 aromatic heterocycles. The third-order valence-electron chi connectivity index (χ3n) is 16.0. The third-order valence-corrected chi connectivity index (χ3v) is 18.8. The number of rotatable bonds is 24. The Morgan fingerprint density at radius 2 is 0.667 bits per heavy atom. The smallest absolute Gasteiger partial charge is 0.429 e. The van der Waals surface area contributed by atoms with Gasteiger partial charge in [0.1, 0.15) is 55.7 Å². The zero-order valence-electron chi connectivity index (χ0n) is 52.9. The maximum atomic E-state index is 14.8. The second-order valence-electron chi connectivity index (χ2n) is 24.2. The number of hydrogen-bond donors (Lipinski definition) is 0. The predicted octanol–water partition coefficient (Wildman–Crippen LogP) is 26.3. The molecule has 96 heavy (non-hydrogen) atoms. The molecule has 522 valence electrons. The van der Waals surface area contributed by atoms with Gasteiger partial charge in [0.05, 0.1) is 11.2 Å². The van der Waals surface area contributed by atoms with Crippen molar-refractivity contribution in [3.63, 3.8) is 0 Å². The molecule has 4 nitrogen and oxygen atoms in total. The van der Waals surface area contributed by atoms with E-state index in [1.54, 1.807) is 24.3 Å². The molecule has 26 heteroatoms. The summed E-state index contributed by atoms with van der Waals surface area (Å²) in [6.45, 7) is 12.8. The zero-order valence-corrected chi connectivity index (χ0v) is 56.1. The van der Waals surface area contributed by atoms with E-state index in [2.05, 4.69) is 128 Å². The molecule has 0 spiro atoms. The van der Waals surface area contributed by atoms with Crippen LogP contribution < -0.4 is 14.9 Å². The highest BCUT2D eigenvalue weighted by Gasteiger charge is 2.66. The van der Waals surface area contributed by atoms with Gasteiger partial charge in [-0.3, -0.25) is 0 Å². The highest BCUT2D eigenvalue weighted by atomic mass is 79.9. The van der Waals surface area contributed by atoms with Crippen molar-refractivity contribution in [3.8, 4) is 44.9 Å². The zero-order chi connectivity index (χ0) is 71.1. The fourth-order valence-electron chi connectivity index (χ4n) is 10.0. The van der Waals surface area contributed by atoms with Crippen molar-refractivity contribution in [1.82, 2.24) is 0 Å². The molecule has 9 rings (SSSR count). The molecule has 1 saturated heterocycles. The van der Waals surface area contributed by atoms with E-state index in [0.29, 0.717) is 29.8 Å². The van der Waals surface area contributed by atoms with Crippen LogP contribution in [0.25, 0.3) is 33.4 Å². The van der Waals surface area contributed by atoms with Gasteiger partial charge in [0.2, 0.25) is 0 Å². The molecule has 0 aliphatic carbocycles. The van der Waals surface area contributed by atoms with Gasteiger partial charge in [-0.15, -0.1) is 0 Å². The van der Waals surface area contributed by atoms with E-state index in [-0.39, 0.29) is 76.9 Å². The van der Waals surface area contributed by atoms with Crippen molar-refractivity contribution in [2.75, 3.05) is 0 Å². The Bertz CT molecular complexity index is 3860. The summed E-state index contributed by atoms with van der Waals surface area (Å²) >= 11 is 2.68. The number of ether oxygens (including phenoxy) is 2. The molecule has 0 atom stereocenters. The van der Waals surface area contributed by atoms with Gasteiger partial charge in [-0.05, 0) is 176 Å². The molecular weight excluding hydrogens is 1400 g/mol. The van der Waals surface area contributed by atoms with E-state index in [4.69, 9.17) is 9.31 Å². The van der Waals surface area contributed by atoms with E-state index in [1.807, 2.05) is 12.1 Å². The first-order valence-electron chi connectivity index (χ1n) is 30.5. The number of alkyl halides is 4. The molecule has 8 aromatic rings. The maximum absolute atomic E-state index is 14.8. The van der Waals surface area contributed by atoms with Gasteiger partial charge >= 0.3 is 39.8 Å². The van der Waals surface area contributed by atoms with Crippen LogP contribution in [-0.2, 0) is 34.4 Å². The Balaban J connectivity index is 0.000000214. The highest BCUT2D eigenvalue weighted by molar-refractivity contribution is 9.10. The van der Waals surface area contributed by atoms with Crippen LogP contribution in [0.15, 0.2) is 184 Å². The van der Waals surface area contributed by atoms with E-state index in [1.165, 1.54) is 86.5 Å². The monoisotopic (exact) mass is 1470 g/mol. The van der Waals surface area contributed by atoms with Crippen molar-refractivity contribution in [2.45, 2.75) is 152 Å². The molecule has 0 bridgehead atoms. The average Bonchev–Trinajstić information content (AvgIpc) is 0.972. The summed E-state index contributed by atoms with van der Waals surface area (Å²) in [7, 11) is -20.3. The van der Waals surface area contributed by atoms with Gasteiger partial charge in [0.25, 0.3) is 0 Å².